The average Bonchev–Trinajstić information content (AvgIpc) is 2.39. The summed E-state index contributed by atoms with van der Waals surface area (Å²) in [6.45, 7) is 5.62. The highest BCUT2D eigenvalue weighted by Gasteiger charge is 2.19. The minimum atomic E-state index is -0.794. The number of carbonyl (C=O) groups excluding carboxylic acids is 2. The molecule has 0 fully saturated rings. The van der Waals surface area contributed by atoms with Crippen LogP contribution in [-0.2, 0) is 4.79 Å². The Morgan fingerprint density at radius 1 is 1.30 bits per heavy atom. The first-order valence-corrected chi connectivity index (χ1v) is 6.55. The third-order valence-corrected chi connectivity index (χ3v) is 2.66. The van der Waals surface area contributed by atoms with Crippen molar-refractivity contribution in [2.45, 2.75) is 32.9 Å². The molecule has 0 aliphatic heterocycles. The normalized spacial score (nSPS) is 13.2. The SMILES string of the molecule is CCNC(=O)NC(=O)C(C)Oc1ccccc1[C@@H](C)N. The second-order valence-corrected chi connectivity index (χ2v) is 4.44. The summed E-state index contributed by atoms with van der Waals surface area (Å²) in [5.41, 5.74) is 6.65. The number of ether oxygens (including phenoxy) is 1. The smallest absolute Gasteiger partial charge is 0.321 e. The monoisotopic (exact) mass is 279 g/mol. The third kappa shape index (κ3) is 4.55. The molecule has 0 heterocycles. The number of hydrogen-bond acceptors (Lipinski definition) is 4. The molecule has 0 saturated heterocycles. The Hall–Kier alpha value is -2.08. The van der Waals surface area contributed by atoms with Crippen molar-refractivity contribution in [1.29, 1.82) is 0 Å². The Labute approximate surface area is 118 Å². The van der Waals surface area contributed by atoms with Crippen LogP contribution in [0.3, 0.4) is 0 Å². The summed E-state index contributed by atoms with van der Waals surface area (Å²) in [6.07, 6.45) is -0.794. The van der Waals surface area contributed by atoms with Gasteiger partial charge in [0, 0.05) is 18.2 Å². The predicted molar refractivity (Wildman–Crippen MR) is 76.3 cm³/mol. The number of hydrogen-bond donors (Lipinski definition) is 3. The van der Waals surface area contributed by atoms with E-state index in [-0.39, 0.29) is 6.04 Å². The Kier molecular flexibility index (Phi) is 5.99. The van der Waals surface area contributed by atoms with Crippen molar-refractivity contribution >= 4 is 11.9 Å². The number of para-hydroxylation sites is 1. The number of nitrogens with one attached hydrogen (secondary N) is 2. The van der Waals surface area contributed by atoms with Gasteiger partial charge in [0.15, 0.2) is 6.10 Å². The lowest BCUT2D eigenvalue weighted by atomic mass is 10.1. The molecule has 0 aliphatic rings. The maximum Gasteiger partial charge on any atom is 0.321 e. The summed E-state index contributed by atoms with van der Waals surface area (Å²) < 4.78 is 5.58. The van der Waals surface area contributed by atoms with E-state index in [0.717, 1.165) is 5.56 Å². The molecule has 0 spiro atoms. The summed E-state index contributed by atoms with van der Waals surface area (Å²) in [6, 6.07) is 6.50. The molecule has 110 valence electrons. The number of carbonyl (C=O) groups is 2. The second kappa shape index (κ2) is 7.49. The van der Waals surface area contributed by atoms with Crippen LogP contribution in [0.15, 0.2) is 24.3 Å². The van der Waals surface area contributed by atoms with Crippen molar-refractivity contribution in [1.82, 2.24) is 10.6 Å². The van der Waals surface area contributed by atoms with Crippen LogP contribution in [0, 0.1) is 0 Å². The van der Waals surface area contributed by atoms with E-state index in [0.29, 0.717) is 12.3 Å². The Morgan fingerprint density at radius 2 is 1.95 bits per heavy atom. The highest BCUT2D eigenvalue weighted by Crippen LogP contribution is 2.24. The molecule has 1 unspecified atom stereocenters. The van der Waals surface area contributed by atoms with Gasteiger partial charge in [0.05, 0.1) is 0 Å². The zero-order valence-electron chi connectivity index (χ0n) is 12.0. The summed E-state index contributed by atoms with van der Waals surface area (Å²) >= 11 is 0. The fourth-order valence-electron chi connectivity index (χ4n) is 1.63. The van der Waals surface area contributed by atoms with E-state index in [9.17, 15) is 9.59 Å². The fourth-order valence-corrected chi connectivity index (χ4v) is 1.63. The molecule has 0 saturated carbocycles. The zero-order valence-corrected chi connectivity index (χ0v) is 12.0. The number of rotatable bonds is 5. The van der Waals surface area contributed by atoms with Gasteiger partial charge < -0.3 is 15.8 Å². The molecular formula is C14H21N3O3. The van der Waals surface area contributed by atoms with E-state index >= 15 is 0 Å². The van der Waals surface area contributed by atoms with Crippen molar-refractivity contribution in [3.05, 3.63) is 29.8 Å². The Bertz CT molecular complexity index is 474. The lowest BCUT2D eigenvalue weighted by molar-refractivity contribution is -0.126. The largest absolute Gasteiger partial charge is 0.481 e. The molecule has 20 heavy (non-hydrogen) atoms. The third-order valence-electron chi connectivity index (χ3n) is 2.66. The molecule has 1 rings (SSSR count). The van der Waals surface area contributed by atoms with E-state index in [1.54, 1.807) is 26.0 Å². The molecular weight excluding hydrogens is 258 g/mol. The van der Waals surface area contributed by atoms with Crippen molar-refractivity contribution in [2.75, 3.05) is 6.54 Å². The zero-order chi connectivity index (χ0) is 15.1. The van der Waals surface area contributed by atoms with Gasteiger partial charge in [-0.15, -0.1) is 0 Å². The van der Waals surface area contributed by atoms with E-state index in [1.165, 1.54) is 0 Å². The van der Waals surface area contributed by atoms with Gasteiger partial charge in [0.2, 0.25) is 0 Å². The first-order chi connectivity index (χ1) is 9.45. The number of urea groups is 1. The first-order valence-electron chi connectivity index (χ1n) is 6.55. The van der Waals surface area contributed by atoms with Crippen LogP contribution in [0.1, 0.15) is 32.4 Å². The van der Waals surface area contributed by atoms with Gasteiger partial charge in [-0.25, -0.2) is 4.79 Å². The van der Waals surface area contributed by atoms with Crippen LogP contribution >= 0.6 is 0 Å². The summed E-state index contributed by atoms with van der Waals surface area (Å²) in [5, 5.41) is 4.68. The number of nitrogens with two attached hydrogens (primary N) is 1. The van der Waals surface area contributed by atoms with Crippen molar-refractivity contribution in [3.63, 3.8) is 0 Å². The number of imide groups is 1. The van der Waals surface area contributed by atoms with Gasteiger partial charge >= 0.3 is 6.03 Å². The molecule has 0 radical (unpaired) electrons. The minimum absolute atomic E-state index is 0.204. The molecule has 1 aromatic carbocycles. The van der Waals surface area contributed by atoms with Gasteiger partial charge in [-0.3, -0.25) is 10.1 Å². The maximum atomic E-state index is 11.8. The summed E-state index contributed by atoms with van der Waals surface area (Å²) in [4.78, 5) is 23.1. The van der Waals surface area contributed by atoms with Crippen molar-refractivity contribution < 1.29 is 14.3 Å². The lowest BCUT2D eigenvalue weighted by Gasteiger charge is -2.18. The predicted octanol–water partition coefficient (Wildman–Crippen LogP) is 1.32. The van der Waals surface area contributed by atoms with Crippen molar-refractivity contribution in [2.24, 2.45) is 5.73 Å². The van der Waals surface area contributed by atoms with Crippen LogP contribution in [0.4, 0.5) is 4.79 Å². The van der Waals surface area contributed by atoms with Gasteiger partial charge in [0.1, 0.15) is 5.75 Å². The molecule has 0 bridgehead atoms. The number of benzene rings is 1. The lowest BCUT2D eigenvalue weighted by Crippen LogP contribution is -2.45. The molecule has 3 amide bonds. The molecule has 0 aromatic heterocycles. The minimum Gasteiger partial charge on any atom is -0.481 e. The first kappa shape index (κ1) is 16.0. The van der Waals surface area contributed by atoms with Gasteiger partial charge in [-0.1, -0.05) is 18.2 Å². The maximum absolute atomic E-state index is 11.8. The van der Waals surface area contributed by atoms with E-state index in [2.05, 4.69) is 10.6 Å². The fraction of sp³-hybridized carbons (Fsp3) is 0.429. The molecule has 2 atom stereocenters. The topological polar surface area (TPSA) is 93.5 Å². The quantitative estimate of drug-likeness (QED) is 0.757. The average molecular weight is 279 g/mol. The summed E-state index contributed by atoms with van der Waals surface area (Å²) in [7, 11) is 0. The standard InChI is InChI=1S/C14H21N3O3/c1-4-16-14(19)17-13(18)10(3)20-12-8-6-5-7-11(12)9(2)15/h5-10H,4,15H2,1-3H3,(H2,16,17,18,19)/t9-,10?/m1/s1. The van der Waals surface area contributed by atoms with Crippen LogP contribution in [0.2, 0.25) is 0 Å². The highest BCUT2D eigenvalue weighted by atomic mass is 16.5. The van der Waals surface area contributed by atoms with Crippen LogP contribution in [-0.4, -0.2) is 24.6 Å². The summed E-state index contributed by atoms with van der Waals surface area (Å²) in [5.74, 6) is 0.0384. The van der Waals surface area contributed by atoms with E-state index in [1.807, 2.05) is 19.1 Å². The van der Waals surface area contributed by atoms with Crippen LogP contribution in [0.5, 0.6) is 5.75 Å². The van der Waals surface area contributed by atoms with E-state index in [4.69, 9.17) is 10.5 Å². The molecule has 6 nitrogen and oxygen atoms in total. The van der Waals surface area contributed by atoms with Gasteiger partial charge in [-0.05, 0) is 26.8 Å². The van der Waals surface area contributed by atoms with Gasteiger partial charge in [-0.2, -0.15) is 0 Å². The van der Waals surface area contributed by atoms with Crippen molar-refractivity contribution in [3.8, 4) is 5.75 Å². The van der Waals surface area contributed by atoms with Crippen LogP contribution in [0.25, 0.3) is 0 Å². The van der Waals surface area contributed by atoms with Gasteiger partial charge in [0.25, 0.3) is 5.91 Å². The molecule has 4 N–H and O–H groups in total. The Morgan fingerprint density at radius 3 is 2.55 bits per heavy atom. The molecule has 1 aromatic rings. The second-order valence-electron chi connectivity index (χ2n) is 4.44. The number of amides is 3. The molecule has 0 aliphatic carbocycles. The molecule has 6 heteroatoms. The van der Waals surface area contributed by atoms with E-state index < -0.39 is 18.0 Å². The Balaban J connectivity index is 2.68. The highest BCUT2D eigenvalue weighted by molar-refractivity contribution is 5.96. The van der Waals surface area contributed by atoms with Crippen LogP contribution < -0.4 is 21.1 Å².